The highest BCUT2D eigenvalue weighted by Crippen LogP contribution is 2.10. The summed E-state index contributed by atoms with van der Waals surface area (Å²) in [7, 11) is 0. The van der Waals surface area contributed by atoms with E-state index in [1.165, 1.54) is 6.92 Å². The second-order valence-corrected chi connectivity index (χ2v) is 6.96. The molecule has 5 unspecified atom stereocenters. The van der Waals surface area contributed by atoms with Gasteiger partial charge in [-0.3, -0.25) is 24.0 Å². The molecule has 0 aliphatic carbocycles. The van der Waals surface area contributed by atoms with Gasteiger partial charge in [-0.1, -0.05) is 20.3 Å². The summed E-state index contributed by atoms with van der Waals surface area (Å²) in [5, 5.41) is 16.0. The standard InChI is InChI=1S/C17H30N6O7/c1-4-7(2)13(16(28)22-10(17(29)30)6-12(20)25)23-15(27)9(5-11(19)24)21-14(26)8(3)18/h7-10,13H,4-6,18H2,1-3H3,(H2,19,24)(H2,20,25)(H,21,26)(H,22,28)(H,23,27)(H,29,30). The van der Waals surface area contributed by atoms with Gasteiger partial charge in [0.1, 0.15) is 18.1 Å². The minimum absolute atomic E-state index is 0.415. The van der Waals surface area contributed by atoms with Crippen molar-refractivity contribution in [3.05, 3.63) is 0 Å². The SMILES string of the molecule is CCC(C)C(NC(=O)C(CC(N)=O)NC(=O)C(C)N)C(=O)NC(CC(N)=O)C(=O)O. The van der Waals surface area contributed by atoms with E-state index in [1.54, 1.807) is 13.8 Å². The van der Waals surface area contributed by atoms with E-state index in [1.807, 2.05) is 0 Å². The number of aliphatic carboxylic acids is 1. The highest BCUT2D eigenvalue weighted by molar-refractivity contribution is 5.96. The molecule has 0 radical (unpaired) electrons. The molecule has 0 saturated heterocycles. The van der Waals surface area contributed by atoms with E-state index in [0.717, 1.165) is 0 Å². The molecule has 0 aromatic carbocycles. The Labute approximate surface area is 173 Å². The van der Waals surface area contributed by atoms with Crippen molar-refractivity contribution < 1.29 is 33.9 Å². The van der Waals surface area contributed by atoms with Gasteiger partial charge in [0.15, 0.2) is 0 Å². The van der Waals surface area contributed by atoms with E-state index in [0.29, 0.717) is 6.42 Å². The summed E-state index contributed by atoms with van der Waals surface area (Å²) in [4.78, 5) is 70.6. The third-order valence-corrected chi connectivity index (χ3v) is 4.26. The zero-order valence-electron chi connectivity index (χ0n) is 17.1. The van der Waals surface area contributed by atoms with Gasteiger partial charge in [-0.25, -0.2) is 4.79 Å². The molecule has 0 aromatic rings. The van der Waals surface area contributed by atoms with Crippen LogP contribution < -0.4 is 33.2 Å². The van der Waals surface area contributed by atoms with Crippen molar-refractivity contribution >= 4 is 35.5 Å². The molecule has 10 N–H and O–H groups in total. The first kappa shape index (κ1) is 26.8. The number of primary amides is 2. The maximum absolute atomic E-state index is 12.6. The van der Waals surface area contributed by atoms with E-state index in [-0.39, 0.29) is 0 Å². The summed E-state index contributed by atoms with van der Waals surface area (Å²) in [5.74, 6) is -6.23. The Bertz CT molecular complexity index is 682. The maximum Gasteiger partial charge on any atom is 0.326 e. The van der Waals surface area contributed by atoms with Crippen LogP contribution in [0, 0.1) is 5.92 Å². The van der Waals surface area contributed by atoms with E-state index >= 15 is 0 Å². The lowest BCUT2D eigenvalue weighted by molar-refractivity contribution is -0.144. The van der Waals surface area contributed by atoms with Gasteiger partial charge in [0, 0.05) is 0 Å². The molecular weight excluding hydrogens is 400 g/mol. The molecule has 170 valence electrons. The summed E-state index contributed by atoms with van der Waals surface area (Å²) < 4.78 is 0. The second-order valence-electron chi connectivity index (χ2n) is 6.96. The molecule has 0 bridgehead atoms. The maximum atomic E-state index is 12.6. The van der Waals surface area contributed by atoms with Crippen molar-refractivity contribution in [2.45, 2.75) is 64.2 Å². The Balaban J connectivity index is 5.53. The molecule has 0 rings (SSSR count). The van der Waals surface area contributed by atoms with Crippen LogP contribution in [0.25, 0.3) is 0 Å². The van der Waals surface area contributed by atoms with Crippen molar-refractivity contribution in [3.8, 4) is 0 Å². The molecule has 0 aliphatic heterocycles. The number of carboxylic acids is 1. The zero-order chi connectivity index (χ0) is 23.6. The van der Waals surface area contributed by atoms with Gasteiger partial charge in [-0.05, 0) is 12.8 Å². The highest BCUT2D eigenvalue weighted by Gasteiger charge is 2.33. The summed E-state index contributed by atoms with van der Waals surface area (Å²) in [6.07, 6.45) is -0.770. The normalized spacial score (nSPS) is 15.6. The molecule has 30 heavy (non-hydrogen) atoms. The minimum Gasteiger partial charge on any atom is -0.480 e. The fraction of sp³-hybridized carbons (Fsp3) is 0.647. The first-order valence-corrected chi connectivity index (χ1v) is 9.26. The molecule has 5 amide bonds. The molecule has 0 aromatic heterocycles. The predicted molar refractivity (Wildman–Crippen MR) is 104 cm³/mol. The number of rotatable bonds is 13. The fourth-order valence-corrected chi connectivity index (χ4v) is 2.33. The average molecular weight is 430 g/mol. The van der Waals surface area contributed by atoms with Gasteiger partial charge in [-0.15, -0.1) is 0 Å². The lowest BCUT2D eigenvalue weighted by Gasteiger charge is -2.27. The number of carboxylic acid groups (broad SMARTS) is 1. The first-order chi connectivity index (χ1) is 13.8. The Morgan fingerprint density at radius 3 is 1.67 bits per heavy atom. The lowest BCUT2D eigenvalue weighted by atomic mass is 9.97. The molecule has 0 aliphatic rings. The number of hydrogen-bond acceptors (Lipinski definition) is 7. The van der Waals surface area contributed by atoms with Crippen molar-refractivity contribution in [1.29, 1.82) is 0 Å². The van der Waals surface area contributed by atoms with Crippen molar-refractivity contribution in [2.24, 2.45) is 23.1 Å². The van der Waals surface area contributed by atoms with Crippen LogP contribution in [0.15, 0.2) is 0 Å². The minimum atomic E-state index is -1.59. The number of carbonyl (C=O) groups excluding carboxylic acids is 5. The van der Waals surface area contributed by atoms with Gasteiger partial charge in [-0.2, -0.15) is 0 Å². The second kappa shape index (κ2) is 12.4. The van der Waals surface area contributed by atoms with Crippen molar-refractivity contribution in [3.63, 3.8) is 0 Å². The summed E-state index contributed by atoms with van der Waals surface area (Å²) in [6, 6.07) is -5.16. The van der Waals surface area contributed by atoms with Crippen LogP contribution >= 0.6 is 0 Å². The smallest absolute Gasteiger partial charge is 0.326 e. The van der Waals surface area contributed by atoms with Gasteiger partial charge >= 0.3 is 5.97 Å². The molecule has 13 nitrogen and oxygen atoms in total. The predicted octanol–water partition coefficient (Wildman–Crippen LogP) is -3.33. The van der Waals surface area contributed by atoms with E-state index in [4.69, 9.17) is 22.3 Å². The van der Waals surface area contributed by atoms with Crippen LogP contribution in [0.4, 0.5) is 0 Å². The van der Waals surface area contributed by atoms with Crippen molar-refractivity contribution in [1.82, 2.24) is 16.0 Å². The molecular formula is C17H30N6O7. The van der Waals surface area contributed by atoms with E-state index in [2.05, 4.69) is 16.0 Å². The van der Waals surface area contributed by atoms with Gasteiger partial charge in [0.05, 0.1) is 18.9 Å². The lowest BCUT2D eigenvalue weighted by Crippen LogP contribution is -2.59. The van der Waals surface area contributed by atoms with Crippen LogP contribution in [-0.4, -0.2) is 64.8 Å². The van der Waals surface area contributed by atoms with Crippen LogP contribution in [0.5, 0.6) is 0 Å². The topological polar surface area (TPSA) is 237 Å². The molecule has 0 spiro atoms. The van der Waals surface area contributed by atoms with Gasteiger partial charge in [0.2, 0.25) is 29.5 Å². The number of nitrogens with two attached hydrogens (primary N) is 3. The molecule has 13 heteroatoms. The molecule has 0 saturated carbocycles. The molecule has 0 fully saturated rings. The summed E-state index contributed by atoms with van der Waals surface area (Å²) >= 11 is 0. The number of hydrogen-bond donors (Lipinski definition) is 7. The number of carbonyl (C=O) groups is 6. The van der Waals surface area contributed by atoms with Crippen LogP contribution in [0.3, 0.4) is 0 Å². The van der Waals surface area contributed by atoms with E-state index < -0.39 is 78.4 Å². The highest BCUT2D eigenvalue weighted by atomic mass is 16.4. The monoisotopic (exact) mass is 430 g/mol. The summed E-state index contributed by atoms with van der Waals surface area (Å²) in [5.41, 5.74) is 15.5. The van der Waals surface area contributed by atoms with Crippen LogP contribution in [0.2, 0.25) is 0 Å². The van der Waals surface area contributed by atoms with E-state index in [9.17, 15) is 28.8 Å². The molecule has 5 atom stereocenters. The van der Waals surface area contributed by atoms with Crippen LogP contribution in [0.1, 0.15) is 40.0 Å². The van der Waals surface area contributed by atoms with Crippen molar-refractivity contribution in [2.75, 3.05) is 0 Å². The van der Waals surface area contributed by atoms with Gasteiger partial charge in [0.25, 0.3) is 0 Å². The largest absolute Gasteiger partial charge is 0.480 e. The van der Waals surface area contributed by atoms with Gasteiger partial charge < -0.3 is 38.3 Å². The quantitative estimate of drug-likeness (QED) is 0.155. The Morgan fingerprint density at radius 2 is 1.27 bits per heavy atom. The van der Waals surface area contributed by atoms with Crippen LogP contribution in [-0.2, 0) is 28.8 Å². The third kappa shape index (κ3) is 9.32. The Hall–Kier alpha value is -3.22. The number of amides is 5. The average Bonchev–Trinajstić information content (AvgIpc) is 2.62. The molecule has 0 heterocycles. The Kier molecular flexibility index (Phi) is 11.0. The summed E-state index contributed by atoms with van der Waals surface area (Å²) in [6.45, 7) is 4.72. The first-order valence-electron chi connectivity index (χ1n) is 9.26. The number of nitrogens with one attached hydrogen (secondary N) is 3. The fourth-order valence-electron chi connectivity index (χ4n) is 2.33. The Morgan fingerprint density at radius 1 is 0.800 bits per heavy atom. The third-order valence-electron chi connectivity index (χ3n) is 4.26. The zero-order valence-corrected chi connectivity index (χ0v) is 17.1.